The minimum atomic E-state index is 0. The molecule has 5 heteroatoms. The molecule has 2 aromatic carbocycles. The summed E-state index contributed by atoms with van der Waals surface area (Å²) in [7, 11) is 0. The summed E-state index contributed by atoms with van der Waals surface area (Å²) in [5.41, 5.74) is 6.11. The van der Waals surface area contributed by atoms with Crippen LogP contribution in [0.3, 0.4) is 0 Å². The predicted octanol–water partition coefficient (Wildman–Crippen LogP) is 6.35. The summed E-state index contributed by atoms with van der Waals surface area (Å²) in [6, 6.07) is 29.0. The maximum Gasteiger partial charge on any atom is 0.0696 e. The van der Waals surface area contributed by atoms with Gasteiger partial charge in [0, 0.05) is 37.0 Å². The number of rotatable bonds is 3. The Bertz CT molecular complexity index is 1110. The predicted molar refractivity (Wildman–Crippen MR) is 126 cm³/mol. The first-order chi connectivity index (χ1) is 14.8. The number of hydrogen-bond donors (Lipinski definition) is 0. The molecule has 2 aromatic heterocycles. The summed E-state index contributed by atoms with van der Waals surface area (Å²) in [6.07, 6.45) is 9.34. The van der Waals surface area contributed by atoms with E-state index in [-0.39, 0.29) is 20.1 Å². The van der Waals surface area contributed by atoms with Crippen LogP contribution in [0.25, 0.3) is 16.8 Å². The second-order valence-electron chi connectivity index (χ2n) is 6.42. The number of allylic oxidation sites excluding steroid dienone is 2. The van der Waals surface area contributed by atoms with Gasteiger partial charge in [-0.3, -0.25) is 4.99 Å². The van der Waals surface area contributed by atoms with Gasteiger partial charge in [-0.25, -0.2) is 0 Å². The van der Waals surface area contributed by atoms with Crippen molar-refractivity contribution in [3.8, 4) is 11.3 Å². The second-order valence-corrected chi connectivity index (χ2v) is 7.33. The molecule has 0 spiro atoms. The van der Waals surface area contributed by atoms with E-state index in [0.717, 1.165) is 38.3 Å². The van der Waals surface area contributed by atoms with Gasteiger partial charge in [-0.1, -0.05) is 52.3 Å². The van der Waals surface area contributed by atoms with Crippen molar-refractivity contribution in [1.29, 1.82) is 0 Å². The molecule has 0 N–H and O–H groups in total. The molecule has 0 amide bonds. The van der Waals surface area contributed by atoms with Crippen LogP contribution in [0.2, 0.25) is 0 Å². The molecule has 0 aliphatic carbocycles. The summed E-state index contributed by atoms with van der Waals surface area (Å²) >= 11 is 3.45. The van der Waals surface area contributed by atoms with Crippen molar-refractivity contribution in [2.75, 3.05) is 0 Å². The van der Waals surface area contributed by atoms with Gasteiger partial charge in [-0.05, 0) is 47.2 Å². The van der Waals surface area contributed by atoms with Crippen molar-refractivity contribution in [3.05, 3.63) is 131 Å². The summed E-state index contributed by atoms with van der Waals surface area (Å²) in [5, 5.41) is 0. The zero-order valence-corrected chi connectivity index (χ0v) is 20.4. The molecule has 0 atom stereocenters. The number of pyridine rings is 1. The van der Waals surface area contributed by atoms with Crippen LogP contribution in [0.5, 0.6) is 0 Å². The van der Waals surface area contributed by atoms with Crippen molar-refractivity contribution >= 4 is 27.7 Å². The number of aromatic nitrogens is 2. The molecule has 155 valence electrons. The molecule has 0 saturated heterocycles. The van der Waals surface area contributed by atoms with Gasteiger partial charge in [0.1, 0.15) is 0 Å². The molecule has 3 heterocycles. The Morgan fingerprint density at radius 1 is 0.903 bits per heavy atom. The topological polar surface area (TPSA) is 39.4 Å². The van der Waals surface area contributed by atoms with Crippen LogP contribution in [0.1, 0.15) is 11.3 Å². The van der Waals surface area contributed by atoms with Crippen molar-refractivity contribution in [2.24, 2.45) is 4.99 Å². The van der Waals surface area contributed by atoms with E-state index in [0.29, 0.717) is 0 Å². The molecule has 4 aromatic rings. The van der Waals surface area contributed by atoms with E-state index in [1.54, 1.807) is 18.6 Å². The van der Waals surface area contributed by atoms with Gasteiger partial charge in [-0.15, -0.1) is 41.6 Å². The number of hydrogen-bond acceptors (Lipinski definition) is 2. The second kappa shape index (κ2) is 11.5. The van der Waals surface area contributed by atoms with E-state index in [2.05, 4.69) is 49.1 Å². The molecule has 0 fully saturated rings. The summed E-state index contributed by atoms with van der Waals surface area (Å²) in [4.78, 5) is 13.0. The number of nitrogens with zero attached hydrogens (tertiary/aromatic N) is 3. The molecular formula is C26H18BrIrN3-2. The van der Waals surface area contributed by atoms with Crippen LogP contribution in [-0.2, 0) is 20.1 Å². The van der Waals surface area contributed by atoms with Crippen LogP contribution in [0.15, 0.2) is 119 Å². The average molecular weight is 645 g/mol. The maximum absolute atomic E-state index is 4.38. The fraction of sp³-hybridized carbons (Fsp3) is 0. The minimum Gasteiger partial charge on any atom is -0.664 e. The zero-order valence-electron chi connectivity index (χ0n) is 16.4. The summed E-state index contributed by atoms with van der Waals surface area (Å²) in [5.74, 6) is 0. The van der Waals surface area contributed by atoms with Gasteiger partial charge in [0.05, 0.1) is 5.70 Å². The average Bonchev–Trinajstić information content (AvgIpc) is 3.52. The third-order valence-corrected chi connectivity index (χ3v) is 4.93. The molecule has 5 rings (SSSR count). The quantitative estimate of drug-likeness (QED) is 0.244. The Morgan fingerprint density at radius 2 is 1.74 bits per heavy atom. The normalized spacial score (nSPS) is 13.2. The third kappa shape index (κ3) is 6.08. The monoisotopic (exact) mass is 644 g/mol. The number of halogens is 1. The fourth-order valence-electron chi connectivity index (χ4n) is 3.02. The maximum atomic E-state index is 4.38. The molecule has 0 unspecified atom stereocenters. The van der Waals surface area contributed by atoms with Crippen LogP contribution in [0, 0.1) is 6.07 Å². The van der Waals surface area contributed by atoms with Gasteiger partial charge >= 0.3 is 0 Å². The van der Waals surface area contributed by atoms with E-state index in [9.17, 15) is 0 Å². The van der Waals surface area contributed by atoms with Gasteiger partial charge in [0.25, 0.3) is 0 Å². The molecule has 1 radical (unpaired) electrons. The number of aliphatic imine (C=N–C) groups is 1. The molecule has 1 aliphatic rings. The Balaban J connectivity index is 0.000000183. The van der Waals surface area contributed by atoms with E-state index in [1.165, 1.54) is 0 Å². The third-order valence-electron chi connectivity index (χ3n) is 4.40. The van der Waals surface area contributed by atoms with Crippen molar-refractivity contribution in [1.82, 2.24) is 9.97 Å². The van der Waals surface area contributed by atoms with Crippen LogP contribution >= 0.6 is 15.9 Å². The first-order valence-corrected chi connectivity index (χ1v) is 10.3. The van der Waals surface area contributed by atoms with Crippen molar-refractivity contribution in [2.45, 2.75) is 0 Å². The van der Waals surface area contributed by atoms with E-state index < -0.39 is 0 Å². The van der Waals surface area contributed by atoms with Gasteiger partial charge in [0.15, 0.2) is 0 Å². The van der Waals surface area contributed by atoms with Gasteiger partial charge in [-0.2, -0.15) is 6.20 Å². The molecule has 31 heavy (non-hydrogen) atoms. The van der Waals surface area contributed by atoms with Crippen molar-refractivity contribution in [3.63, 3.8) is 0 Å². The van der Waals surface area contributed by atoms with Crippen molar-refractivity contribution < 1.29 is 20.1 Å². The standard InChI is InChI=1S/C15H10BrN2.C11H8N.Ir/c16-12-7-5-11(6-8-12)15(13-3-1-9-17-13)14-4-2-10-18-14;1-2-6-10(7-3-1)11-8-4-5-9-12-11;/h1-10H;1-6,8-9H;/q2*-1;/b15-13-;;. The Labute approximate surface area is 204 Å². The Kier molecular flexibility index (Phi) is 8.48. The summed E-state index contributed by atoms with van der Waals surface area (Å²) < 4.78 is 1.07. The Hall–Kier alpha value is -2.85. The summed E-state index contributed by atoms with van der Waals surface area (Å²) in [6.45, 7) is 0. The first-order valence-electron chi connectivity index (χ1n) is 9.48. The van der Waals surface area contributed by atoms with E-state index >= 15 is 0 Å². The number of benzene rings is 2. The van der Waals surface area contributed by atoms with Crippen LogP contribution in [0.4, 0.5) is 0 Å². The van der Waals surface area contributed by atoms with Gasteiger partial charge < -0.3 is 9.97 Å². The smallest absolute Gasteiger partial charge is 0.0696 e. The van der Waals surface area contributed by atoms with E-state index in [1.807, 2.05) is 78.9 Å². The van der Waals surface area contributed by atoms with Gasteiger partial charge in [0.2, 0.25) is 0 Å². The van der Waals surface area contributed by atoms with Crippen LogP contribution in [-0.4, -0.2) is 11.2 Å². The first kappa shape index (κ1) is 22.8. The molecule has 3 nitrogen and oxygen atoms in total. The largest absolute Gasteiger partial charge is 0.664 e. The molecule has 0 saturated carbocycles. The SMILES string of the molecule is Brc1ccc(/C(=C2\C=CC=N2)c2ccc[n-]2)cc1.[Ir].[c-]1ccccc1-c1ccccn1. The fourth-order valence-corrected chi connectivity index (χ4v) is 3.28. The van der Waals surface area contributed by atoms with Crippen LogP contribution < -0.4 is 4.98 Å². The molecular weight excluding hydrogens is 626 g/mol. The molecule has 0 bridgehead atoms. The van der Waals surface area contributed by atoms with E-state index in [4.69, 9.17) is 0 Å². The zero-order chi connectivity index (χ0) is 20.6. The minimum absolute atomic E-state index is 0. The Morgan fingerprint density at radius 3 is 2.35 bits per heavy atom. The molecule has 1 aliphatic heterocycles.